The molecule has 2 rings (SSSR count). The van der Waals surface area contributed by atoms with Crippen LogP contribution in [0, 0.1) is 0 Å². The number of nitrogens with two attached hydrogens (primary N) is 1. The number of hydrogen-bond acceptors (Lipinski definition) is 5. The standard InChI is InChI=1S/C9H6F6N6/c10-8(11,12)4-1-2-21(20-4)6-3-5(19-16)17-7(18-6)9(13,14)15/h1-3H,16H2,(H,17,18,19). The second-order valence-corrected chi connectivity index (χ2v) is 3.72. The molecule has 3 N–H and O–H groups in total. The van der Waals surface area contributed by atoms with E-state index < -0.39 is 35.5 Å². The molecule has 0 atom stereocenters. The zero-order valence-corrected chi connectivity index (χ0v) is 9.87. The molecule has 21 heavy (non-hydrogen) atoms. The van der Waals surface area contributed by atoms with Crippen molar-refractivity contribution in [1.82, 2.24) is 19.7 Å². The topological polar surface area (TPSA) is 81.6 Å². The first-order valence-corrected chi connectivity index (χ1v) is 5.17. The molecule has 114 valence electrons. The summed E-state index contributed by atoms with van der Waals surface area (Å²) in [7, 11) is 0. The largest absolute Gasteiger partial charge is 0.451 e. The predicted octanol–water partition coefficient (Wildman–Crippen LogP) is 1.99. The molecule has 0 aromatic carbocycles. The Labute approximate surface area is 112 Å². The van der Waals surface area contributed by atoms with E-state index in [-0.39, 0.29) is 0 Å². The number of hydrazine groups is 1. The molecule has 0 amide bonds. The van der Waals surface area contributed by atoms with Crippen molar-refractivity contribution in [3.8, 4) is 5.82 Å². The first-order valence-electron chi connectivity index (χ1n) is 5.17. The summed E-state index contributed by atoms with van der Waals surface area (Å²) in [5.74, 6) is 2.47. The zero-order chi connectivity index (χ0) is 15.8. The van der Waals surface area contributed by atoms with Gasteiger partial charge in [0.2, 0.25) is 5.82 Å². The highest BCUT2D eigenvalue weighted by Gasteiger charge is 2.36. The third kappa shape index (κ3) is 3.21. The fourth-order valence-corrected chi connectivity index (χ4v) is 1.36. The summed E-state index contributed by atoms with van der Waals surface area (Å²) in [6.45, 7) is 0. The molecule has 2 aromatic heterocycles. The highest BCUT2D eigenvalue weighted by molar-refractivity contribution is 5.40. The van der Waals surface area contributed by atoms with Crippen LogP contribution in [0.5, 0.6) is 0 Å². The maximum atomic E-state index is 12.6. The number of nitrogens with zero attached hydrogens (tertiary/aromatic N) is 4. The van der Waals surface area contributed by atoms with Crippen LogP contribution in [0.2, 0.25) is 0 Å². The van der Waals surface area contributed by atoms with Crippen molar-refractivity contribution < 1.29 is 26.3 Å². The summed E-state index contributed by atoms with van der Waals surface area (Å²) in [6, 6.07) is 1.52. The van der Waals surface area contributed by atoms with E-state index in [4.69, 9.17) is 5.84 Å². The lowest BCUT2D eigenvalue weighted by Gasteiger charge is -2.09. The van der Waals surface area contributed by atoms with Crippen LogP contribution >= 0.6 is 0 Å². The quantitative estimate of drug-likeness (QED) is 0.503. The second kappa shape index (κ2) is 4.87. The summed E-state index contributed by atoms with van der Waals surface area (Å²) in [5, 5.41) is 3.12. The highest BCUT2D eigenvalue weighted by atomic mass is 19.4. The van der Waals surface area contributed by atoms with Crippen LogP contribution in [-0.4, -0.2) is 19.7 Å². The number of nitrogens with one attached hydrogen (secondary N) is 1. The van der Waals surface area contributed by atoms with Crippen molar-refractivity contribution in [2.24, 2.45) is 5.84 Å². The molecular weight excluding hydrogens is 306 g/mol. The normalized spacial score (nSPS) is 12.5. The Bertz CT molecular complexity index is 645. The first-order chi connectivity index (χ1) is 9.61. The molecule has 2 aromatic rings. The van der Waals surface area contributed by atoms with Crippen LogP contribution in [-0.2, 0) is 12.4 Å². The molecule has 0 spiro atoms. The summed E-state index contributed by atoms with van der Waals surface area (Å²) in [5.41, 5.74) is 0.605. The van der Waals surface area contributed by atoms with Gasteiger partial charge in [-0.15, -0.1) is 0 Å². The Morgan fingerprint density at radius 3 is 2.19 bits per heavy atom. The van der Waals surface area contributed by atoms with Gasteiger partial charge in [0.05, 0.1) is 0 Å². The Morgan fingerprint density at radius 2 is 1.71 bits per heavy atom. The third-order valence-electron chi connectivity index (χ3n) is 2.23. The first kappa shape index (κ1) is 15.0. The lowest BCUT2D eigenvalue weighted by Crippen LogP contribution is -2.18. The molecule has 0 fully saturated rings. The van der Waals surface area contributed by atoms with E-state index in [2.05, 4.69) is 15.1 Å². The minimum atomic E-state index is -4.89. The lowest BCUT2D eigenvalue weighted by molar-refractivity contribution is -0.145. The summed E-state index contributed by atoms with van der Waals surface area (Å²) >= 11 is 0. The number of aromatic nitrogens is 4. The number of hydrogen-bond donors (Lipinski definition) is 2. The van der Waals surface area contributed by atoms with E-state index in [0.717, 1.165) is 12.3 Å². The van der Waals surface area contributed by atoms with Crippen LogP contribution < -0.4 is 11.3 Å². The van der Waals surface area contributed by atoms with Crippen molar-refractivity contribution in [3.05, 3.63) is 29.8 Å². The van der Waals surface area contributed by atoms with Gasteiger partial charge in [-0.3, -0.25) is 0 Å². The molecule has 6 nitrogen and oxygen atoms in total. The molecule has 0 aliphatic heterocycles. The molecule has 12 heteroatoms. The van der Waals surface area contributed by atoms with E-state index in [1.54, 1.807) is 0 Å². The predicted molar refractivity (Wildman–Crippen MR) is 57.0 cm³/mol. The monoisotopic (exact) mass is 312 g/mol. The van der Waals surface area contributed by atoms with E-state index in [0.29, 0.717) is 10.7 Å². The fourth-order valence-electron chi connectivity index (χ4n) is 1.36. The Balaban J connectivity index is 2.51. The van der Waals surface area contributed by atoms with Crippen LogP contribution in [0.4, 0.5) is 32.2 Å². The number of rotatable bonds is 2. The summed E-state index contributed by atoms with van der Waals surface area (Å²) in [6.07, 6.45) is -8.78. The van der Waals surface area contributed by atoms with Gasteiger partial charge >= 0.3 is 12.4 Å². The van der Waals surface area contributed by atoms with Crippen molar-refractivity contribution >= 4 is 5.82 Å². The number of alkyl halides is 6. The van der Waals surface area contributed by atoms with E-state index in [9.17, 15) is 26.3 Å². The SMILES string of the molecule is NNc1cc(-n2ccc(C(F)(F)F)n2)nc(C(F)(F)F)n1. The highest BCUT2D eigenvalue weighted by Crippen LogP contribution is 2.29. The molecule has 0 radical (unpaired) electrons. The fraction of sp³-hybridized carbons (Fsp3) is 0.222. The third-order valence-corrected chi connectivity index (χ3v) is 2.23. The van der Waals surface area contributed by atoms with Gasteiger partial charge in [0.15, 0.2) is 11.5 Å². The van der Waals surface area contributed by atoms with Gasteiger partial charge in [0.1, 0.15) is 5.82 Å². The van der Waals surface area contributed by atoms with Gasteiger partial charge in [0.25, 0.3) is 0 Å². The molecule has 0 saturated heterocycles. The van der Waals surface area contributed by atoms with Gasteiger partial charge < -0.3 is 5.43 Å². The summed E-state index contributed by atoms with van der Waals surface area (Å²) in [4.78, 5) is 6.19. The molecule has 0 aliphatic rings. The van der Waals surface area contributed by atoms with Gasteiger partial charge in [-0.2, -0.15) is 31.4 Å². The number of halogens is 6. The van der Waals surface area contributed by atoms with Crippen LogP contribution in [0.15, 0.2) is 18.3 Å². The smallest absolute Gasteiger partial charge is 0.308 e. The van der Waals surface area contributed by atoms with Gasteiger partial charge in [-0.05, 0) is 6.07 Å². The maximum absolute atomic E-state index is 12.6. The van der Waals surface area contributed by atoms with E-state index in [1.165, 1.54) is 0 Å². The molecule has 2 heterocycles. The minimum absolute atomic E-state index is 0.420. The van der Waals surface area contributed by atoms with Gasteiger partial charge in [0, 0.05) is 12.3 Å². The maximum Gasteiger partial charge on any atom is 0.451 e. The molecule has 0 saturated carbocycles. The second-order valence-electron chi connectivity index (χ2n) is 3.72. The van der Waals surface area contributed by atoms with Crippen molar-refractivity contribution in [3.63, 3.8) is 0 Å². The molecule has 0 unspecified atom stereocenters. The molecule has 0 aliphatic carbocycles. The van der Waals surface area contributed by atoms with E-state index >= 15 is 0 Å². The number of nitrogen functional groups attached to an aromatic ring is 1. The number of anilines is 1. The van der Waals surface area contributed by atoms with Gasteiger partial charge in [-0.1, -0.05) is 0 Å². The van der Waals surface area contributed by atoms with Crippen LogP contribution in [0.25, 0.3) is 5.82 Å². The van der Waals surface area contributed by atoms with Crippen molar-refractivity contribution in [2.45, 2.75) is 12.4 Å². The average Bonchev–Trinajstić information content (AvgIpc) is 2.86. The Morgan fingerprint density at radius 1 is 1.05 bits per heavy atom. The Hall–Kier alpha value is -2.37. The molecular formula is C9H6F6N6. The Kier molecular flexibility index (Phi) is 3.49. The minimum Gasteiger partial charge on any atom is -0.308 e. The van der Waals surface area contributed by atoms with E-state index in [1.807, 2.05) is 5.43 Å². The van der Waals surface area contributed by atoms with Crippen LogP contribution in [0.1, 0.15) is 11.5 Å². The molecule has 0 bridgehead atoms. The van der Waals surface area contributed by atoms with Crippen molar-refractivity contribution in [1.29, 1.82) is 0 Å². The van der Waals surface area contributed by atoms with Crippen LogP contribution in [0.3, 0.4) is 0 Å². The van der Waals surface area contributed by atoms with Crippen molar-refractivity contribution in [2.75, 3.05) is 5.43 Å². The zero-order valence-electron chi connectivity index (χ0n) is 9.87. The van der Waals surface area contributed by atoms with Gasteiger partial charge in [-0.25, -0.2) is 20.5 Å². The average molecular weight is 312 g/mol. The summed E-state index contributed by atoms with van der Waals surface area (Å²) < 4.78 is 75.5. The lowest BCUT2D eigenvalue weighted by atomic mass is 10.4.